The van der Waals surface area contributed by atoms with Gasteiger partial charge in [-0.25, -0.2) is 4.39 Å². The Morgan fingerprint density at radius 2 is 2.14 bits per heavy atom. The minimum absolute atomic E-state index is 0.182. The van der Waals surface area contributed by atoms with Gasteiger partial charge >= 0.3 is 0 Å². The van der Waals surface area contributed by atoms with Crippen LogP contribution in [0.15, 0.2) is 28.8 Å². The van der Waals surface area contributed by atoms with Gasteiger partial charge in [0.2, 0.25) is 0 Å². The van der Waals surface area contributed by atoms with Gasteiger partial charge in [-0.05, 0) is 43.8 Å². The Bertz CT molecular complexity index is 661. The lowest BCUT2D eigenvalue weighted by molar-refractivity contribution is 0.0850. The number of halogens is 2. The molecule has 3 nitrogen and oxygen atoms in total. The molecule has 21 heavy (non-hydrogen) atoms. The largest absolute Gasteiger partial charge is 0.362 e. The van der Waals surface area contributed by atoms with Crippen molar-refractivity contribution in [3.63, 3.8) is 0 Å². The second-order valence-corrected chi connectivity index (χ2v) is 7.56. The van der Waals surface area contributed by atoms with Crippen LogP contribution in [-0.2, 0) is 5.41 Å². The molecule has 0 amide bonds. The summed E-state index contributed by atoms with van der Waals surface area (Å²) in [5, 5.41) is 3.54. The zero-order chi connectivity index (χ0) is 15.0. The van der Waals surface area contributed by atoms with E-state index in [9.17, 15) is 4.39 Å². The lowest BCUT2D eigenvalue weighted by Crippen LogP contribution is -2.66. The molecule has 0 unspecified atom stereocenters. The summed E-state index contributed by atoms with van der Waals surface area (Å²) in [5.74, 6) is -0.182. The average Bonchev–Trinajstić information content (AvgIpc) is 2.83. The molecule has 1 N–H and O–H groups in total. The van der Waals surface area contributed by atoms with Gasteiger partial charge in [0, 0.05) is 24.1 Å². The lowest BCUT2D eigenvalue weighted by atomic mass is 9.65. The standard InChI is InChI=1S/C16H19BrFN3/c1-10-8-20(2)9-16-15(10,4-5-21(16)3)12-6-11(17)7-13(18)14(12)19-16/h6-7,19H,1,4-5,8-9H2,2-3H3/t15-,16+/m0/s1. The van der Waals surface area contributed by atoms with Crippen molar-refractivity contribution in [3.05, 3.63) is 40.1 Å². The highest BCUT2D eigenvalue weighted by atomic mass is 79.9. The smallest absolute Gasteiger partial charge is 0.147 e. The molecule has 3 heterocycles. The Morgan fingerprint density at radius 1 is 1.38 bits per heavy atom. The molecule has 0 aromatic heterocycles. The van der Waals surface area contributed by atoms with Gasteiger partial charge < -0.3 is 5.32 Å². The summed E-state index contributed by atoms with van der Waals surface area (Å²) in [6.07, 6.45) is 0.992. The van der Waals surface area contributed by atoms with E-state index in [1.807, 2.05) is 0 Å². The molecule has 0 bridgehead atoms. The summed E-state index contributed by atoms with van der Waals surface area (Å²) in [6, 6.07) is 3.61. The van der Waals surface area contributed by atoms with E-state index in [-0.39, 0.29) is 16.9 Å². The van der Waals surface area contributed by atoms with Crippen LogP contribution in [-0.4, -0.2) is 49.2 Å². The molecule has 1 aromatic rings. The molecule has 2 fully saturated rings. The molecule has 112 valence electrons. The van der Waals surface area contributed by atoms with Gasteiger partial charge in [-0.15, -0.1) is 0 Å². The SMILES string of the molecule is C=C1CN(C)C[C@]23Nc4c(F)cc(Br)cc4[C@]12CCN3C. The third-order valence-electron chi connectivity index (χ3n) is 5.59. The van der Waals surface area contributed by atoms with Crippen molar-refractivity contribution in [1.82, 2.24) is 9.80 Å². The van der Waals surface area contributed by atoms with Crippen LogP contribution in [0.5, 0.6) is 0 Å². The predicted molar refractivity (Wildman–Crippen MR) is 86.0 cm³/mol. The molecule has 0 radical (unpaired) electrons. The molecule has 1 aromatic carbocycles. The summed E-state index contributed by atoms with van der Waals surface area (Å²) in [7, 11) is 4.23. The molecule has 3 aliphatic heterocycles. The van der Waals surface area contributed by atoms with E-state index in [2.05, 4.69) is 57.8 Å². The molecule has 0 aliphatic carbocycles. The number of anilines is 1. The number of likely N-dealkylation sites (tertiary alicyclic amines) is 2. The third kappa shape index (κ3) is 1.45. The number of nitrogens with zero attached hydrogens (tertiary/aromatic N) is 2. The molecule has 3 aliphatic rings. The van der Waals surface area contributed by atoms with E-state index in [0.717, 1.165) is 36.1 Å². The summed E-state index contributed by atoms with van der Waals surface area (Å²) in [6.45, 7) is 7.11. The Balaban J connectivity index is 2.02. The highest BCUT2D eigenvalue weighted by Gasteiger charge is 2.67. The average molecular weight is 352 g/mol. The Hall–Kier alpha value is -0.910. The number of hydrogen-bond donors (Lipinski definition) is 1. The minimum Gasteiger partial charge on any atom is -0.362 e. The number of rotatable bonds is 0. The summed E-state index contributed by atoms with van der Waals surface area (Å²) < 4.78 is 15.3. The zero-order valence-corrected chi connectivity index (χ0v) is 13.9. The van der Waals surface area contributed by atoms with Crippen LogP contribution >= 0.6 is 15.9 Å². The van der Waals surface area contributed by atoms with E-state index in [1.165, 1.54) is 5.57 Å². The molecule has 2 atom stereocenters. The quantitative estimate of drug-likeness (QED) is 0.725. The monoisotopic (exact) mass is 351 g/mol. The molecular weight excluding hydrogens is 333 g/mol. The molecule has 2 saturated heterocycles. The maximum Gasteiger partial charge on any atom is 0.147 e. The summed E-state index contributed by atoms with van der Waals surface area (Å²) >= 11 is 3.45. The molecule has 4 rings (SSSR count). The fourth-order valence-electron chi connectivity index (χ4n) is 4.72. The van der Waals surface area contributed by atoms with Crippen molar-refractivity contribution < 1.29 is 4.39 Å². The van der Waals surface area contributed by atoms with E-state index < -0.39 is 0 Å². The maximum atomic E-state index is 14.5. The first-order valence-electron chi connectivity index (χ1n) is 7.26. The van der Waals surface area contributed by atoms with Crippen LogP contribution in [0.3, 0.4) is 0 Å². The van der Waals surface area contributed by atoms with Crippen molar-refractivity contribution >= 4 is 21.6 Å². The van der Waals surface area contributed by atoms with Crippen molar-refractivity contribution in [2.45, 2.75) is 17.5 Å². The number of benzene rings is 1. The third-order valence-corrected chi connectivity index (χ3v) is 6.05. The van der Waals surface area contributed by atoms with Gasteiger partial charge in [-0.1, -0.05) is 22.5 Å². The molecular formula is C16H19BrFN3. The van der Waals surface area contributed by atoms with Gasteiger partial charge in [0.05, 0.1) is 11.1 Å². The van der Waals surface area contributed by atoms with Crippen molar-refractivity contribution in [3.8, 4) is 0 Å². The zero-order valence-electron chi connectivity index (χ0n) is 12.3. The van der Waals surface area contributed by atoms with Crippen LogP contribution in [0.2, 0.25) is 0 Å². The van der Waals surface area contributed by atoms with E-state index in [0.29, 0.717) is 5.69 Å². The number of nitrogens with one attached hydrogen (secondary N) is 1. The molecule has 0 saturated carbocycles. The lowest BCUT2D eigenvalue weighted by Gasteiger charge is -2.51. The van der Waals surface area contributed by atoms with Gasteiger partial charge in [-0.2, -0.15) is 0 Å². The molecule has 0 spiro atoms. The topological polar surface area (TPSA) is 18.5 Å². The van der Waals surface area contributed by atoms with E-state index in [1.54, 1.807) is 6.07 Å². The molecule has 5 heteroatoms. The van der Waals surface area contributed by atoms with E-state index in [4.69, 9.17) is 0 Å². The Labute approximate surface area is 132 Å². The first-order chi connectivity index (χ1) is 9.90. The second kappa shape index (κ2) is 4.09. The maximum absolute atomic E-state index is 14.5. The van der Waals surface area contributed by atoms with Gasteiger partial charge in [0.1, 0.15) is 11.5 Å². The van der Waals surface area contributed by atoms with Crippen LogP contribution in [0.25, 0.3) is 0 Å². The van der Waals surface area contributed by atoms with Crippen molar-refractivity contribution in [2.24, 2.45) is 0 Å². The Morgan fingerprint density at radius 3 is 2.90 bits per heavy atom. The second-order valence-electron chi connectivity index (χ2n) is 6.65. The fourth-order valence-corrected chi connectivity index (χ4v) is 5.15. The van der Waals surface area contributed by atoms with Crippen LogP contribution in [0.1, 0.15) is 12.0 Å². The van der Waals surface area contributed by atoms with Crippen LogP contribution in [0.4, 0.5) is 10.1 Å². The fraction of sp³-hybridized carbons (Fsp3) is 0.500. The van der Waals surface area contributed by atoms with Gasteiger partial charge in [0.25, 0.3) is 0 Å². The first-order valence-corrected chi connectivity index (χ1v) is 8.06. The highest BCUT2D eigenvalue weighted by Crippen LogP contribution is 2.60. The van der Waals surface area contributed by atoms with E-state index >= 15 is 0 Å². The van der Waals surface area contributed by atoms with Gasteiger partial charge in [0.15, 0.2) is 0 Å². The van der Waals surface area contributed by atoms with Crippen LogP contribution in [0, 0.1) is 5.82 Å². The van der Waals surface area contributed by atoms with Crippen molar-refractivity contribution in [1.29, 1.82) is 0 Å². The van der Waals surface area contributed by atoms with Crippen LogP contribution < -0.4 is 5.32 Å². The Kier molecular flexibility index (Phi) is 2.67. The van der Waals surface area contributed by atoms with Crippen molar-refractivity contribution in [2.75, 3.05) is 39.0 Å². The number of likely N-dealkylation sites (N-methyl/N-ethyl adjacent to an activating group) is 2. The highest BCUT2D eigenvalue weighted by molar-refractivity contribution is 9.10. The predicted octanol–water partition coefficient (Wildman–Crippen LogP) is 2.78. The van der Waals surface area contributed by atoms with Gasteiger partial charge in [-0.3, -0.25) is 9.80 Å². The summed E-state index contributed by atoms with van der Waals surface area (Å²) in [5.41, 5.74) is 2.44. The number of fused-ring (bicyclic) bond motifs is 1. The minimum atomic E-state index is -0.277. The number of hydrogen-bond acceptors (Lipinski definition) is 3. The number of piperidine rings is 1. The first kappa shape index (κ1) is 13.7. The normalized spacial score (nSPS) is 35.3. The summed E-state index contributed by atoms with van der Waals surface area (Å²) in [4.78, 5) is 4.61.